The van der Waals surface area contributed by atoms with Crippen LogP contribution in [0.15, 0.2) is 47.1 Å². The highest BCUT2D eigenvalue weighted by molar-refractivity contribution is 5.77. The summed E-state index contributed by atoms with van der Waals surface area (Å²) >= 11 is 0. The number of benzene rings is 1. The summed E-state index contributed by atoms with van der Waals surface area (Å²) in [6.07, 6.45) is 3.52. The van der Waals surface area contributed by atoms with Crippen LogP contribution in [-0.2, 0) is 22.6 Å². The number of carbonyl (C=O) groups is 1. The van der Waals surface area contributed by atoms with Crippen LogP contribution in [0.3, 0.4) is 0 Å². The summed E-state index contributed by atoms with van der Waals surface area (Å²) in [7, 11) is 0. The lowest BCUT2D eigenvalue weighted by atomic mass is 10.0. The molecule has 1 aliphatic rings. The van der Waals surface area contributed by atoms with Gasteiger partial charge < -0.3 is 9.15 Å². The lowest BCUT2D eigenvalue weighted by Gasteiger charge is -2.04. The topological polar surface area (TPSA) is 39.4 Å². The van der Waals surface area contributed by atoms with Gasteiger partial charge in [0.25, 0.3) is 0 Å². The van der Waals surface area contributed by atoms with Crippen LogP contribution < -0.4 is 0 Å². The van der Waals surface area contributed by atoms with Crippen LogP contribution in [0, 0.1) is 23.2 Å². The standard InChI is InChI=1S/C22H28O3/c1-15(2)10-19-20(22(19,3)4)21(23)25-14-17-12-18(24-13-17)11-16-8-6-5-7-9-16/h5-9,12-13,15,19-20H,10-11,14H2,1-4H3. The number of esters is 1. The predicted octanol–water partition coefficient (Wildman–Crippen LogP) is 5.23. The number of furan rings is 1. The molecule has 1 fully saturated rings. The van der Waals surface area contributed by atoms with Crippen molar-refractivity contribution >= 4 is 5.97 Å². The summed E-state index contributed by atoms with van der Waals surface area (Å²) in [4.78, 5) is 12.4. The van der Waals surface area contributed by atoms with E-state index in [0.717, 1.165) is 24.2 Å². The first-order chi connectivity index (χ1) is 11.9. The van der Waals surface area contributed by atoms with Crippen LogP contribution in [-0.4, -0.2) is 5.97 Å². The molecule has 1 heterocycles. The van der Waals surface area contributed by atoms with Crippen LogP contribution in [0.1, 0.15) is 51.0 Å². The van der Waals surface area contributed by atoms with E-state index in [2.05, 4.69) is 39.8 Å². The molecule has 0 N–H and O–H groups in total. The maximum absolute atomic E-state index is 12.4. The SMILES string of the molecule is CC(C)CC1C(C(=O)OCc2coc(Cc3ccccc3)c2)C1(C)C. The molecule has 0 saturated heterocycles. The highest BCUT2D eigenvalue weighted by atomic mass is 16.5. The molecule has 134 valence electrons. The second-order valence-corrected chi connectivity index (χ2v) is 8.23. The molecule has 1 aliphatic carbocycles. The van der Waals surface area contributed by atoms with Crippen LogP contribution in [0.5, 0.6) is 0 Å². The molecule has 1 aromatic carbocycles. The van der Waals surface area contributed by atoms with Gasteiger partial charge in [-0.1, -0.05) is 58.0 Å². The van der Waals surface area contributed by atoms with E-state index < -0.39 is 0 Å². The molecule has 2 atom stereocenters. The maximum Gasteiger partial charge on any atom is 0.310 e. The molecule has 1 saturated carbocycles. The molecule has 0 aliphatic heterocycles. The summed E-state index contributed by atoms with van der Waals surface area (Å²) < 4.78 is 11.2. The van der Waals surface area contributed by atoms with E-state index in [-0.39, 0.29) is 23.9 Å². The van der Waals surface area contributed by atoms with E-state index in [0.29, 0.717) is 11.8 Å². The Bertz CT molecular complexity index is 712. The Morgan fingerprint density at radius 1 is 1.20 bits per heavy atom. The Morgan fingerprint density at radius 3 is 2.60 bits per heavy atom. The van der Waals surface area contributed by atoms with Gasteiger partial charge in [0.1, 0.15) is 12.4 Å². The van der Waals surface area contributed by atoms with Crippen molar-refractivity contribution in [3.05, 3.63) is 59.5 Å². The molecule has 0 bridgehead atoms. The van der Waals surface area contributed by atoms with E-state index in [1.807, 2.05) is 24.3 Å². The average Bonchev–Trinajstić information content (AvgIpc) is 2.90. The predicted molar refractivity (Wildman–Crippen MR) is 98.0 cm³/mol. The summed E-state index contributed by atoms with van der Waals surface area (Å²) in [5.41, 5.74) is 2.19. The molecule has 1 aromatic heterocycles. The summed E-state index contributed by atoms with van der Waals surface area (Å²) in [5, 5.41) is 0. The molecular weight excluding hydrogens is 312 g/mol. The third-order valence-electron chi connectivity index (χ3n) is 5.34. The Kier molecular flexibility index (Phi) is 5.03. The van der Waals surface area contributed by atoms with Gasteiger partial charge in [0, 0.05) is 12.0 Å². The minimum atomic E-state index is -0.0681. The summed E-state index contributed by atoms with van der Waals surface area (Å²) in [6, 6.07) is 12.2. The van der Waals surface area contributed by atoms with Gasteiger partial charge in [-0.3, -0.25) is 4.79 Å². The zero-order valence-electron chi connectivity index (χ0n) is 15.6. The van der Waals surface area contributed by atoms with Crippen molar-refractivity contribution in [2.24, 2.45) is 23.2 Å². The number of carbonyl (C=O) groups excluding carboxylic acids is 1. The Balaban J connectivity index is 1.52. The Hall–Kier alpha value is -2.03. The van der Waals surface area contributed by atoms with Gasteiger partial charge in [-0.05, 0) is 35.3 Å². The zero-order chi connectivity index (χ0) is 18.0. The minimum absolute atomic E-state index is 0.0330. The first kappa shape index (κ1) is 17.8. The number of ether oxygens (including phenoxy) is 1. The van der Waals surface area contributed by atoms with Crippen LogP contribution >= 0.6 is 0 Å². The van der Waals surface area contributed by atoms with Crippen molar-refractivity contribution in [3.8, 4) is 0 Å². The largest absolute Gasteiger partial charge is 0.469 e. The second-order valence-electron chi connectivity index (χ2n) is 8.23. The zero-order valence-corrected chi connectivity index (χ0v) is 15.6. The molecule has 3 nitrogen and oxygen atoms in total. The molecule has 2 unspecified atom stereocenters. The molecule has 3 heteroatoms. The molecule has 3 rings (SSSR count). The Morgan fingerprint density at radius 2 is 1.92 bits per heavy atom. The summed E-state index contributed by atoms with van der Waals surface area (Å²) in [6.45, 7) is 9.04. The van der Waals surface area contributed by atoms with Crippen molar-refractivity contribution in [1.82, 2.24) is 0 Å². The highest BCUT2D eigenvalue weighted by Crippen LogP contribution is 2.61. The lowest BCUT2D eigenvalue weighted by Crippen LogP contribution is -2.10. The molecule has 2 aromatic rings. The maximum atomic E-state index is 12.4. The van der Waals surface area contributed by atoms with E-state index >= 15 is 0 Å². The second kappa shape index (κ2) is 7.07. The first-order valence-electron chi connectivity index (χ1n) is 9.14. The lowest BCUT2D eigenvalue weighted by molar-refractivity contribution is -0.147. The van der Waals surface area contributed by atoms with E-state index in [1.165, 1.54) is 5.56 Å². The van der Waals surface area contributed by atoms with Crippen molar-refractivity contribution < 1.29 is 13.9 Å². The number of rotatable bonds is 7. The number of hydrogen-bond donors (Lipinski definition) is 0. The smallest absolute Gasteiger partial charge is 0.310 e. The van der Waals surface area contributed by atoms with E-state index in [9.17, 15) is 4.79 Å². The van der Waals surface area contributed by atoms with Crippen LogP contribution in [0.25, 0.3) is 0 Å². The molecule has 0 amide bonds. The fourth-order valence-corrected chi connectivity index (χ4v) is 3.80. The third kappa shape index (κ3) is 4.15. The van der Waals surface area contributed by atoms with Gasteiger partial charge >= 0.3 is 5.97 Å². The van der Waals surface area contributed by atoms with Gasteiger partial charge in [-0.25, -0.2) is 0 Å². The minimum Gasteiger partial charge on any atom is -0.469 e. The van der Waals surface area contributed by atoms with Crippen molar-refractivity contribution in [2.45, 2.75) is 47.1 Å². The van der Waals surface area contributed by atoms with Gasteiger partial charge in [0.05, 0.1) is 12.2 Å². The van der Waals surface area contributed by atoms with Crippen molar-refractivity contribution in [3.63, 3.8) is 0 Å². The highest BCUT2D eigenvalue weighted by Gasteiger charge is 2.62. The Labute approximate surface area is 150 Å². The van der Waals surface area contributed by atoms with Gasteiger partial charge in [0.15, 0.2) is 0 Å². The van der Waals surface area contributed by atoms with Gasteiger partial charge in [0.2, 0.25) is 0 Å². The normalized spacial score (nSPS) is 21.3. The summed E-state index contributed by atoms with van der Waals surface area (Å²) in [5.74, 6) is 1.91. The molecule has 0 radical (unpaired) electrons. The quantitative estimate of drug-likeness (QED) is 0.648. The fourth-order valence-electron chi connectivity index (χ4n) is 3.80. The molecule has 25 heavy (non-hydrogen) atoms. The van der Waals surface area contributed by atoms with Crippen molar-refractivity contribution in [1.29, 1.82) is 0 Å². The van der Waals surface area contributed by atoms with Gasteiger partial charge in [-0.15, -0.1) is 0 Å². The molecule has 0 spiro atoms. The van der Waals surface area contributed by atoms with Crippen LogP contribution in [0.4, 0.5) is 0 Å². The van der Waals surface area contributed by atoms with Crippen LogP contribution in [0.2, 0.25) is 0 Å². The third-order valence-corrected chi connectivity index (χ3v) is 5.34. The first-order valence-corrected chi connectivity index (χ1v) is 9.14. The molecular formula is C22H28O3. The van der Waals surface area contributed by atoms with Crippen molar-refractivity contribution in [2.75, 3.05) is 0 Å². The monoisotopic (exact) mass is 340 g/mol. The number of hydrogen-bond acceptors (Lipinski definition) is 3. The van der Waals surface area contributed by atoms with E-state index in [1.54, 1.807) is 6.26 Å². The fraction of sp³-hybridized carbons (Fsp3) is 0.500. The van der Waals surface area contributed by atoms with E-state index in [4.69, 9.17) is 9.15 Å². The average molecular weight is 340 g/mol. The van der Waals surface area contributed by atoms with Gasteiger partial charge in [-0.2, -0.15) is 0 Å².